The molecule has 0 fully saturated rings. The van der Waals surface area contributed by atoms with Crippen LogP contribution in [-0.4, -0.2) is 16.6 Å². The standard InChI is InChI=1S/C15H12ClFO2S/c16-13-4-2-1-3-10(13)8-20-9-15(19)12-7-11(17)5-6-14(12)18/h1-7,18H,8-9H2. The first kappa shape index (κ1) is 14.9. The van der Waals surface area contributed by atoms with E-state index in [2.05, 4.69) is 0 Å². The van der Waals surface area contributed by atoms with E-state index in [1.807, 2.05) is 18.2 Å². The Hall–Kier alpha value is -1.52. The lowest BCUT2D eigenvalue weighted by atomic mass is 10.1. The lowest BCUT2D eigenvalue weighted by molar-refractivity contribution is 0.101. The number of thioether (sulfide) groups is 1. The molecule has 20 heavy (non-hydrogen) atoms. The number of rotatable bonds is 5. The van der Waals surface area contributed by atoms with Gasteiger partial charge in [-0.25, -0.2) is 4.39 Å². The van der Waals surface area contributed by atoms with Crippen LogP contribution in [0.25, 0.3) is 0 Å². The summed E-state index contributed by atoms with van der Waals surface area (Å²) in [5, 5.41) is 10.2. The summed E-state index contributed by atoms with van der Waals surface area (Å²) < 4.78 is 13.1. The van der Waals surface area contributed by atoms with Crippen LogP contribution in [0.3, 0.4) is 0 Å². The third-order valence-electron chi connectivity index (χ3n) is 2.71. The maximum absolute atomic E-state index is 13.1. The number of hydrogen-bond acceptors (Lipinski definition) is 3. The summed E-state index contributed by atoms with van der Waals surface area (Å²) in [6, 6.07) is 10.7. The molecule has 2 nitrogen and oxygen atoms in total. The average molecular weight is 311 g/mol. The minimum atomic E-state index is -0.540. The highest BCUT2D eigenvalue weighted by Gasteiger charge is 2.12. The van der Waals surface area contributed by atoms with Gasteiger partial charge in [-0.05, 0) is 29.8 Å². The van der Waals surface area contributed by atoms with E-state index in [4.69, 9.17) is 11.6 Å². The molecule has 0 aliphatic rings. The van der Waals surface area contributed by atoms with Gasteiger partial charge in [-0.15, -0.1) is 11.8 Å². The quantitative estimate of drug-likeness (QED) is 0.837. The third kappa shape index (κ3) is 3.74. The molecule has 2 rings (SSSR count). The molecule has 0 aliphatic carbocycles. The second-order valence-corrected chi connectivity index (χ2v) is 5.56. The van der Waals surface area contributed by atoms with Crippen molar-refractivity contribution in [1.29, 1.82) is 0 Å². The average Bonchev–Trinajstić information content (AvgIpc) is 2.43. The first-order valence-electron chi connectivity index (χ1n) is 5.91. The highest BCUT2D eigenvalue weighted by Crippen LogP contribution is 2.23. The molecule has 0 spiro atoms. The van der Waals surface area contributed by atoms with Crippen molar-refractivity contribution in [1.82, 2.24) is 0 Å². The maximum Gasteiger partial charge on any atom is 0.176 e. The van der Waals surface area contributed by atoms with E-state index in [1.165, 1.54) is 17.8 Å². The van der Waals surface area contributed by atoms with Crippen molar-refractivity contribution in [2.75, 3.05) is 5.75 Å². The molecule has 5 heteroatoms. The van der Waals surface area contributed by atoms with E-state index in [-0.39, 0.29) is 22.8 Å². The summed E-state index contributed by atoms with van der Waals surface area (Å²) in [7, 11) is 0. The molecular weight excluding hydrogens is 299 g/mol. The molecule has 2 aromatic carbocycles. The van der Waals surface area contributed by atoms with Gasteiger partial charge in [0.05, 0.1) is 11.3 Å². The Morgan fingerprint density at radius 3 is 2.75 bits per heavy atom. The number of carbonyl (C=O) groups is 1. The van der Waals surface area contributed by atoms with Gasteiger partial charge in [0.15, 0.2) is 5.78 Å². The van der Waals surface area contributed by atoms with Crippen LogP contribution in [0.4, 0.5) is 4.39 Å². The van der Waals surface area contributed by atoms with E-state index in [0.717, 1.165) is 17.7 Å². The van der Waals surface area contributed by atoms with Gasteiger partial charge >= 0.3 is 0 Å². The lowest BCUT2D eigenvalue weighted by Crippen LogP contribution is -2.03. The molecular formula is C15H12ClFO2S. The van der Waals surface area contributed by atoms with Crippen LogP contribution < -0.4 is 0 Å². The van der Waals surface area contributed by atoms with Gasteiger partial charge < -0.3 is 5.11 Å². The monoisotopic (exact) mass is 310 g/mol. The Bertz CT molecular complexity index is 631. The Morgan fingerprint density at radius 2 is 2.00 bits per heavy atom. The van der Waals surface area contributed by atoms with E-state index in [9.17, 15) is 14.3 Å². The van der Waals surface area contributed by atoms with E-state index in [1.54, 1.807) is 6.07 Å². The van der Waals surface area contributed by atoms with Gasteiger partial charge in [-0.3, -0.25) is 4.79 Å². The van der Waals surface area contributed by atoms with Crippen LogP contribution in [0, 0.1) is 5.82 Å². The molecule has 0 saturated heterocycles. The lowest BCUT2D eigenvalue weighted by Gasteiger charge is -2.05. The molecule has 0 amide bonds. The zero-order valence-electron chi connectivity index (χ0n) is 10.5. The maximum atomic E-state index is 13.1. The van der Waals surface area contributed by atoms with Gasteiger partial charge in [-0.1, -0.05) is 29.8 Å². The molecule has 104 valence electrons. The largest absolute Gasteiger partial charge is 0.507 e. The molecule has 2 aromatic rings. The minimum absolute atomic E-state index is 0.0108. The van der Waals surface area contributed by atoms with Crippen molar-refractivity contribution in [2.45, 2.75) is 5.75 Å². The molecule has 0 heterocycles. The molecule has 0 aromatic heterocycles. The Labute approximate surface area is 125 Å². The third-order valence-corrected chi connectivity index (χ3v) is 4.06. The number of halogens is 2. The molecule has 0 bridgehead atoms. The Morgan fingerprint density at radius 1 is 1.25 bits per heavy atom. The highest BCUT2D eigenvalue weighted by atomic mass is 35.5. The van der Waals surface area contributed by atoms with Crippen LogP contribution in [0.15, 0.2) is 42.5 Å². The first-order chi connectivity index (χ1) is 9.58. The van der Waals surface area contributed by atoms with Crippen molar-refractivity contribution in [3.63, 3.8) is 0 Å². The first-order valence-corrected chi connectivity index (χ1v) is 7.44. The second kappa shape index (κ2) is 6.77. The zero-order valence-corrected chi connectivity index (χ0v) is 12.0. The minimum Gasteiger partial charge on any atom is -0.507 e. The molecule has 0 atom stereocenters. The summed E-state index contributed by atoms with van der Waals surface area (Å²) in [5.74, 6) is -0.306. The van der Waals surface area contributed by atoms with Gasteiger partial charge in [0, 0.05) is 10.8 Å². The van der Waals surface area contributed by atoms with Crippen molar-refractivity contribution in [2.24, 2.45) is 0 Å². The van der Waals surface area contributed by atoms with Crippen LogP contribution >= 0.6 is 23.4 Å². The topological polar surface area (TPSA) is 37.3 Å². The normalized spacial score (nSPS) is 10.5. The van der Waals surface area contributed by atoms with Gasteiger partial charge in [-0.2, -0.15) is 0 Å². The number of benzene rings is 2. The Balaban J connectivity index is 1.96. The van der Waals surface area contributed by atoms with Crippen LogP contribution in [0.2, 0.25) is 5.02 Å². The summed E-state index contributed by atoms with van der Waals surface area (Å²) in [4.78, 5) is 11.9. The molecule has 0 aliphatic heterocycles. The van der Waals surface area contributed by atoms with E-state index in [0.29, 0.717) is 10.8 Å². The number of ketones is 1. The molecule has 0 radical (unpaired) electrons. The van der Waals surface area contributed by atoms with Crippen LogP contribution in [-0.2, 0) is 5.75 Å². The highest BCUT2D eigenvalue weighted by molar-refractivity contribution is 7.99. The number of hydrogen-bond donors (Lipinski definition) is 1. The van der Waals surface area contributed by atoms with Crippen LogP contribution in [0.1, 0.15) is 15.9 Å². The van der Waals surface area contributed by atoms with Crippen molar-refractivity contribution in [3.05, 3.63) is 64.4 Å². The van der Waals surface area contributed by atoms with Gasteiger partial charge in [0.25, 0.3) is 0 Å². The second-order valence-electron chi connectivity index (χ2n) is 4.17. The molecule has 0 unspecified atom stereocenters. The summed E-state index contributed by atoms with van der Waals surface area (Å²) >= 11 is 7.39. The van der Waals surface area contributed by atoms with Crippen LogP contribution in [0.5, 0.6) is 5.75 Å². The van der Waals surface area contributed by atoms with Gasteiger partial charge in [0.2, 0.25) is 0 Å². The number of Topliss-reactive ketones (excluding diaryl/α,β-unsaturated/α-hetero) is 1. The smallest absolute Gasteiger partial charge is 0.176 e. The summed E-state index contributed by atoms with van der Waals surface area (Å²) in [5.41, 5.74) is 0.951. The number of phenolic OH excluding ortho intramolecular Hbond substituents is 1. The van der Waals surface area contributed by atoms with Crippen molar-refractivity contribution >= 4 is 29.1 Å². The summed E-state index contributed by atoms with van der Waals surface area (Å²) in [6.07, 6.45) is 0. The number of carbonyl (C=O) groups excluding carboxylic acids is 1. The number of aromatic hydroxyl groups is 1. The fourth-order valence-corrected chi connectivity index (χ4v) is 2.87. The zero-order chi connectivity index (χ0) is 14.5. The fourth-order valence-electron chi connectivity index (χ4n) is 1.68. The predicted octanol–water partition coefficient (Wildman–Crippen LogP) is 4.30. The van der Waals surface area contributed by atoms with E-state index < -0.39 is 5.82 Å². The molecule has 0 saturated carbocycles. The predicted molar refractivity (Wildman–Crippen MR) is 80.0 cm³/mol. The van der Waals surface area contributed by atoms with Crippen molar-refractivity contribution < 1.29 is 14.3 Å². The van der Waals surface area contributed by atoms with Crippen molar-refractivity contribution in [3.8, 4) is 5.75 Å². The summed E-state index contributed by atoms with van der Waals surface area (Å²) in [6.45, 7) is 0. The Kier molecular flexibility index (Phi) is 5.04. The van der Waals surface area contributed by atoms with Gasteiger partial charge in [0.1, 0.15) is 11.6 Å². The fraction of sp³-hybridized carbons (Fsp3) is 0.133. The van der Waals surface area contributed by atoms with E-state index >= 15 is 0 Å². The number of phenols is 1. The molecule has 1 N–H and O–H groups in total. The SMILES string of the molecule is O=C(CSCc1ccccc1Cl)c1cc(F)ccc1O.